The van der Waals surface area contributed by atoms with E-state index in [4.69, 9.17) is 4.74 Å². The largest absolute Gasteiger partial charge is 0.497 e. The molecule has 29 heavy (non-hydrogen) atoms. The van der Waals surface area contributed by atoms with E-state index >= 15 is 0 Å². The second-order valence-corrected chi connectivity index (χ2v) is 7.11. The Morgan fingerprint density at radius 1 is 1.17 bits per heavy atom. The molecule has 3 rings (SSSR count). The minimum absolute atomic E-state index is 0.196. The van der Waals surface area contributed by atoms with Crippen molar-refractivity contribution in [3.8, 4) is 17.1 Å². The molecule has 1 heterocycles. The van der Waals surface area contributed by atoms with Gasteiger partial charge in [0.2, 0.25) is 0 Å². The first kappa shape index (κ1) is 20.6. The number of carbonyl (C=O) groups is 1. The van der Waals surface area contributed by atoms with Crippen LogP contribution in [-0.2, 0) is 11.3 Å². The molecule has 0 aliphatic heterocycles. The predicted octanol–water partition coefficient (Wildman–Crippen LogP) is 3.61. The number of nitrogens with one attached hydrogen (secondary N) is 1. The maximum atomic E-state index is 12.2. The first-order valence-corrected chi connectivity index (χ1v) is 10.2. The van der Waals surface area contributed by atoms with Crippen molar-refractivity contribution in [3.05, 3.63) is 60.2 Å². The summed E-state index contributed by atoms with van der Waals surface area (Å²) in [5.41, 5.74) is 5.18. The molecule has 0 unspecified atom stereocenters. The van der Waals surface area contributed by atoms with Gasteiger partial charge in [0.1, 0.15) is 5.75 Å². The molecule has 8 heteroatoms. The number of methoxy groups -OCH3 is 1. The number of thioether (sulfide) groups is 1. The first-order chi connectivity index (χ1) is 14.1. The van der Waals surface area contributed by atoms with Gasteiger partial charge in [0.15, 0.2) is 11.0 Å². The monoisotopic (exact) mass is 409 g/mol. The summed E-state index contributed by atoms with van der Waals surface area (Å²) in [6.45, 7) is 4.58. The fraction of sp³-hybridized carbons (Fsp3) is 0.238. The van der Waals surface area contributed by atoms with E-state index in [2.05, 4.69) is 20.7 Å². The molecule has 2 aromatic carbocycles. The lowest BCUT2D eigenvalue weighted by Crippen LogP contribution is -2.21. The summed E-state index contributed by atoms with van der Waals surface area (Å²) in [6.07, 6.45) is 0. The summed E-state index contributed by atoms with van der Waals surface area (Å²) in [6, 6.07) is 17.4. The topological polar surface area (TPSA) is 81.4 Å². The minimum atomic E-state index is -0.204. The summed E-state index contributed by atoms with van der Waals surface area (Å²) in [7, 11) is 1.61. The van der Waals surface area contributed by atoms with Gasteiger partial charge in [-0.05, 0) is 26.0 Å². The molecule has 0 bridgehead atoms. The van der Waals surface area contributed by atoms with E-state index < -0.39 is 0 Å². The summed E-state index contributed by atoms with van der Waals surface area (Å²) < 4.78 is 7.21. The average molecular weight is 410 g/mol. The zero-order chi connectivity index (χ0) is 20.6. The molecule has 0 spiro atoms. The lowest BCUT2D eigenvalue weighted by Gasteiger charge is -2.07. The SMILES string of the molecule is CCn1c(SCC(=O)N/N=C(/C)c2cccc(OC)c2)nnc1-c1ccccc1. The molecule has 0 radical (unpaired) electrons. The maximum absolute atomic E-state index is 12.2. The number of hydrazone groups is 1. The average Bonchev–Trinajstić information content (AvgIpc) is 3.19. The predicted molar refractivity (Wildman–Crippen MR) is 115 cm³/mol. The van der Waals surface area contributed by atoms with Crippen molar-refractivity contribution in [3.63, 3.8) is 0 Å². The van der Waals surface area contributed by atoms with Crippen LogP contribution < -0.4 is 10.2 Å². The van der Waals surface area contributed by atoms with Crippen molar-refractivity contribution < 1.29 is 9.53 Å². The Labute approximate surface area is 174 Å². The second-order valence-electron chi connectivity index (χ2n) is 6.17. The molecular formula is C21H23N5O2S. The van der Waals surface area contributed by atoms with E-state index in [9.17, 15) is 4.79 Å². The van der Waals surface area contributed by atoms with Crippen LogP contribution in [-0.4, -0.2) is 39.2 Å². The van der Waals surface area contributed by atoms with Gasteiger partial charge in [-0.3, -0.25) is 4.79 Å². The summed E-state index contributed by atoms with van der Waals surface area (Å²) in [4.78, 5) is 12.2. The van der Waals surface area contributed by atoms with Crippen LogP contribution in [0.25, 0.3) is 11.4 Å². The Morgan fingerprint density at radius 2 is 1.97 bits per heavy atom. The van der Waals surface area contributed by atoms with Gasteiger partial charge in [-0.25, -0.2) is 5.43 Å². The van der Waals surface area contributed by atoms with Gasteiger partial charge in [0, 0.05) is 17.7 Å². The van der Waals surface area contributed by atoms with Crippen LogP contribution in [0.4, 0.5) is 0 Å². The van der Waals surface area contributed by atoms with Gasteiger partial charge in [0.05, 0.1) is 18.6 Å². The molecule has 0 saturated heterocycles. The van der Waals surface area contributed by atoms with Crippen molar-refractivity contribution >= 4 is 23.4 Å². The van der Waals surface area contributed by atoms with Crippen molar-refractivity contribution in [1.82, 2.24) is 20.2 Å². The van der Waals surface area contributed by atoms with Crippen molar-refractivity contribution in [2.75, 3.05) is 12.9 Å². The van der Waals surface area contributed by atoms with Crippen LogP contribution in [0.3, 0.4) is 0 Å². The molecule has 3 aromatic rings. The van der Waals surface area contributed by atoms with Gasteiger partial charge >= 0.3 is 0 Å². The van der Waals surface area contributed by atoms with Crippen LogP contribution in [0.5, 0.6) is 5.75 Å². The highest BCUT2D eigenvalue weighted by molar-refractivity contribution is 7.99. The molecule has 7 nitrogen and oxygen atoms in total. The molecular weight excluding hydrogens is 386 g/mol. The standard InChI is InChI=1S/C21H23N5O2S/c1-4-26-20(16-9-6-5-7-10-16)24-25-21(26)29-14-19(27)23-22-15(2)17-11-8-12-18(13-17)28-3/h5-13H,4,14H2,1-3H3,(H,23,27)/b22-15-. The third kappa shape index (κ3) is 5.23. The smallest absolute Gasteiger partial charge is 0.250 e. The van der Waals surface area contributed by atoms with E-state index in [0.717, 1.165) is 22.7 Å². The highest BCUT2D eigenvalue weighted by atomic mass is 32.2. The Balaban J connectivity index is 1.61. The summed E-state index contributed by atoms with van der Waals surface area (Å²) in [5, 5.41) is 13.4. The molecule has 0 aliphatic rings. The summed E-state index contributed by atoms with van der Waals surface area (Å²) in [5.74, 6) is 1.53. The zero-order valence-corrected chi connectivity index (χ0v) is 17.4. The fourth-order valence-corrected chi connectivity index (χ4v) is 3.50. The summed E-state index contributed by atoms with van der Waals surface area (Å²) >= 11 is 1.34. The number of hydrogen-bond donors (Lipinski definition) is 1. The molecule has 0 atom stereocenters. The van der Waals surface area contributed by atoms with E-state index in [1.54, 1.807) is 7.11 Å². The number of rotatable bonds is 8. The van der Waals surface area contributed by atoms with Crippen molar-refractivity contribution in [2.24, 2.45) is 5.10 Å². The van der Waals surface area contributed by atoms with Crippen molar-refractivity contribution in [1.29, 1.82) is 0 Å². The Morgan fingerprint density at radius 3 is 2.69 bits per heavy atom. The van der Waals surface area contributed by atoms with Crippen LogP contribution >= 0.6 is 11.8 Å². The van der Waals surface area contributed by atoms with Crippen LogP contribution in [0, 0.1) is 0 Å². The van der Waals surface area contributed by atoms with Crippen LogP contribution in [0.2, 0.25) is 0 Å². The molecule has 1 aromatic heterocycles. The number of carbonyl (C=O) groups excluding carboxylic acids is 1. The molecule has 0 fully saturated rings. The number of nitrogens with zero attached hydrogens (tertiary/aromatic N) is 4. The van der Waals surface area contributed by atoms with Gasteiger partial charge in [-0.15, -0.1) is 10.2 Å². The first-order valence-electron chi connectivity index (χ1n) is 9.21. The van der Waals surface area contributed by atoms with Gasteiger partial charge < -0.3 is 9.30 Å². The lowest BCUT2D eigenvalue weighted by atomic mass is 10.1. The molecule has 150 valence electrons. The number of benzene rings is 2. The Hall–Kier alpha value is -3.13. The van der Waals surface area contributed by atoms with Gasteiger partial charge in [0.25, 0.3) is 5.91 Å². The van der Waals surface area contributed by atoms with Gasteiger partial charge in [-0.2, -0.15) is 5.10 Å². The molecule has 0 aliphatic carbocycles. The third-order valence-electron chi connectivity index (χ3n) is 4.23. The zero-order valence-electron chi connectivity index (χ0n) is 16.6. The number of amides is 1. The highest BCUT2D eigenvalue weighted by Gasteiger charge is 2.14. The van der Waals surface area contributed by atoms with E-state index in [-0.39, 0.29) is 11.7 Å². The molecule has 1 amide bonds. The Kier molecular flexibility index (Phi) is 7.02. The molecule has 0 saturated carbocycles. The molecule has 1 N–H and O–H groups in total. The normalized spacial score (nSPS) is 11.3. The third-order valence-corrected chi connectivity index (χ3v) is 5.20. The van der Waals surface area contributed by atoms with E-state index in [0.29, 0.717) is 17.4 Å². The quantitative estimate of drug-likeness (QED) is 0.349. The second kappa shape index (κ2) is 9.88. The Bertz CT molecular complexity index is 1000. The van der Waals surface area contributed by atoms with E-state index in [1.807, 2.05) is 73.0 Å². The number of ether oxygens (including phenoxy) is 1. The van der Waals surface area contributed by atoms with Crippen LogP contribution in [0.1, 0.15) is 19.4 Å². The maximum Gasteiger partial charge on any atom is 0.250 e. The number of aromatic nitrogens is 3. The highest BCUT2D eigenvalue weighted by Crippen LogP contribution is 2.23. The number of hydrogen-bond acceptors (Lipinski definition) is 6. The van der Waals surface area contributed by atoms with Crippen molar-refractivity contribution in [2.45, 2.75) is 25.5 Å². The van der Waals surface area contributed by atoms with Crippen LogP contribution in [0.15, 0.2) is 64.9 Å². The fourth-order valence-electron chi connectivity index (χ4n) is 2.70. The lowest BCUT2D eigenvalue weighted by molar-refractivity contribution is -0.118. The minimum Gasteiger partial charge on any atom is -0.497 e. The van der Waals surface area contributed by atoms with E-state index in [1.165, 1.54) is 11.8 Å². The van der Waals surface area contributed by atoms with Gasteiger partial charge in [-0.1, -0.05) is 54.2 Å².